The molecular weight excluding hydrogens is 425 g/mol. The van der Waals surface area contributed by atoms with Crippen LogP contribution in [0.3, 0.4) is 0 Å². The highest BCUT2D eigenvalue weighted by molar-refractivity contribution is 7.83. The maximum atomic E-state index is 13.4. The molecule has 0 aliphatic heterocycles. The highest BCUT2D eigenvalue weighted by Gasteiger charge is 2.48. The summed E-state index contributed by atoms with van der Waals surface area (Å²) in [7, 11) is -4.75. The molecule has 0 spiro atoms. The SMILES string of the molecule is COP(=O)(OC)[C@@H](N[S@@](=O)c1ccc(C)cc1)[C@@H](O[Si](C)(C)C(C)(C)C)C(C)C. The highest BCUT2D eigenvalue weighted by Crippen LogP contribution is 2.54. The maximum Gasteiger partial charge on any atom is 0.350 e. The molecule has 0 aliphatic carbocycles. The van der Waals surface area contributed by atoms with Crippen molar-refractivity contribution in [3.63, 3.8) is 0 Å². The summed E-state index contributed by atoms with van der Waals surface area (Å²) in [6.07, 6.45) is -0.504. The van der Waals surface area contributed by atoms with Crippen molar-refractivity contribution in [2.45, 2.75) is 76.5 Å². The van der Waals surface area contributed by atoms with E-state index in [0.29, 0.717) is 4.90 Å². The van der Waals surface area contributed by atoms with Crippen LogP contribution >= 0.6 is 7.60 Å². The quantitative estimate of drug-likeness (QED) is 0.368. The van der Waals surface area contributed by atoms with Crippen LogP contribution in [0.2, 0.25) is 18.1 Å². The van der Waals surface area contributed by atoms with Crippen LogP contribution in [-0.4, -0.2) is 38.6 Å². The molecule has 1 aromatic rings. The van der Waals surface area contributed by atoms with Crippen LogP contribution in [0.25, 0.3) is 0 Å². The fourth-order valence-electron chi connectivity index (χ4n) is 2.53. The van der Waals surface area contributed by atoms with Gasteiger partial charge >= 0.3 is 7.60 Å². The molecule has 9 heteroatoms. The minimum absolute atomic E-state index is 0.00438. The number of benzene rings is 1. The molecule has 6 nitrogen and oxygen atoms in total. The van der Waals surface area contributed by atoms with Crippen LogP contribution in [0.1, 0.15) is 40.2 Å². The number of aryl methyl sites for hydroxylation is 1. The molecular formula is C20H38NO5PSSi. The normalized spacial score (nSPS) is 16.7. The third kappa shape index (κ3) is 6.82. The van der Waals surface area contributed by atoms with Gasteiger partial charge in [0.05, 0.1) is 11.0 Å². The third-order valence-corrected chi connectivity index (χ3v) is 13.5. The summed E-state index contributed by atoms with van der Waals surface area (Å²) >= 11 is 0. The Bertz CT molecular complexity index is 725. The molecule has 0 aromatic heterocycles. The second kappa shape index (κ2) is 10.3. The second-order valence-corrected chi connectivity index (χ2v) is 17.5. The predicted octanol–water partition coefficient (Wildman–Crippen LogP) is 5.47. The lowest BCUT2D eigenvalue weighted by molar-refractivity contribution is 0.111. The molecule has 1 aromatic carbocycles. The van der Waals surface area contributed by atoms with Crippen LogP contribution < -0.4 is 4.72 Å². The lowest BCUT2D eigenvalue weighted by atomic mass is 10.1. The number of rotatable bonds is 10. The van der Waals surface area contributed by atoms with Gasteiger partial charge < -0.3 is 13.5 Å². The summed E-state index contributed by atoms with van der Waals surface area (Å²) < 4.78 is 46.8. The van der Waals surface area contributed by atoms with Crippen LogP contribution in [0.15, 0.2) is 29.2 Å². The van der Waals surface area contributed by atoms with Crippen molar-refractivity contribution in [1.82, 2.24) is 4.72 Å². The molecule has 3 atom stereocenters. The fraction of sp³-hybridized carbons (Fsp3) is 0.700. The van der Waals surface area contributed by atoms with Crippen molar-refractivity contribution in [3.8, 4) is 0 Å². The summed E-state index contributed by atoms with van der Waals surface area (Å²) in [6, 6.07) is 7.36. The zero-order valence-electron chi connectivity index (χ0n) is 19.4. The van der Waals surface area contributed by atoms with Gasteiger partial charge in [0.15, 0.2) is 8.32 Å². The lowest BCUT2D eigenvalue weighted by Gasteiger charge is -2.43. The first-order valence-electron chi connectivity index (χ1n) is 9.82. The molecule has 0 fully saturated rings. The first kappa shape index (κ1) is 26.7. The van der Waals surface area contributed by atoms with Crippen LogP contribution in [-0.2, 0) is 29.0 Å². The molecule has 29 heavy (non-hydrogen) atoms. The number of hydrogen-bond acceptors (Lipinski definition) is 5. The van der Waals surface area contributed by atoms with Gasteiger partial charge in [-0.05, 0) is 43.1 Å². The van der Waals surface area contributed by atoms with Gasteiger partial charge in [0.25, 0.3) is 0 Å². The molecule has 0 radical (unpaired) electrons. The Kier molecular flexibility index (Phi) is 9.49. The Labute approximate surface area is 180 Å². The first-order chi connectivity index (χ1) is 13.2. The van der Waals surface area contributed by atoms with Gasteiger partial charge in [-0.3, -0.25) is 4.57 Å². The summed E-state index contributed by atoms with van der Waals surface area (Å²) in [5.74, 6) is -0.885. The summed E-state index contributed by atoms with van der Waals surface area (Å²) in [6.45, 7) is 16.7. The van der Waals surface area contributed by atoms with Gasteiger partial charge in [-0.1, -0.05) is 52.3 Å². The average molecular weight is 464 g/mol. The monoisotopic (exact) mass is 463 g/mol. The molecule has 0 heterocycles. The van der Waals surface area contributed by atoms with E-state index >= 15 is 0 Å². The van der Waals surface area contributed by atoms with Gasteiger partial charge in [0, 0.05) is 14.2 Å². The zero-order valence-corrected chi connectivity index (χ0v) is 22.1. The van der Waals surface area contributed by atoms with Crippen LogP contribution in [0.5, 0.6) is 0 Å². The Morgan fingerprint density at radius 3 is 1.93 bits per heavy atom. The number of nitrogens with one attached hydrogen (secondary N) is 1. The van der Waals surface area contributed by atoms with Gasteiger partial charge in [-0.2, -0.15) is 0 Å². The Balaban J connectivity index is 3.35. The molecule has 168 valence electrons. The van der Waals surface area contributed by atoms with Gasteiger partial charge in [0.1, 0.15) is 16.8 Å². The molecule has 0 bridgehead atoms. The van der Waals surface area contributed by atoms with Crippen molar-refractivity contribution < 1.29 is 22.2 Å². The zero-order chi connectivity index (χ0) is 22.6. The lowest BCUT2D eigenvalue weighted by Crippen LogP contribution is -2.52. The molecule has 0 saturated carbocycles. The molecule has 1 rings (SSSR count). The second-order valence-electron chi connectivity index (χ2n) is 9.14. The predicted molar refractivity (Wildman–Crippen MR) is 123 cm³/mol. The van der Waals surface area contributed by atoms with E-state index in [0.717, 1.165) is 5.56 Å². The molecule has 0 unspecified atom stereocenters. The van der Waals surface area contributed by atoms with E-state index in [4.69, 9.17) is 13.5 Å². The van der Waals surface area contributed by atoms with Gasteiger partial charge in [-0.25, -0.2) is 8.93 Å². The van der Waals surface area contributed by atoms with E-state index in [2.05, 4.69) is 38.6 Å². The van der Waals surface area contributed by atoms with Crippen molar-refractivity contribution in [2.75, 3.05) is 14.2 Å². The van der Waals surface area contributed by atoms with E-state index in [1.807, 2.05) is 32.9 Å². The molecule has 0 aliphatic rings. The van der Waals surface area contributed by atoms with E-state index in [-0.39, 0.29) is 11.0 Å². The van der Waals surface area contributed by atoms with Crippen LogP contribution in [0.4, 0.5) is 0 Å². The summed E-state index contributed by atoms with van der Waals surface area (Å²) in [5.41, 5.74) is 1.07. The molecule has 0 saturated heterocycles. The van der Waals surface area contributed by atoms with Gasteiger partial charge in [-0.15, -0.1) is 0 Å². The minimum Gasteiger partial charge on any atom is -0.411 e. The smallest absolute Gasteiger partial charge is 0.350 e. The standard InChI is InChI=1S/C20H38NO5PSSi/c1-15(2)18(26-29(9,10)20(4,5)6)19(27(22,24-7)25-8)21-28(23)17-13-11-16(3)12-14-17/h11-15,18-19,21H,1-10H3/t18-,19+,28-/m0/s1. The van der Waals surface area contributed by atoms with Crippen molar-refractivity contribution in [1.29, 1.82) is 0 Å². The Morgan fingerprint density at radius 1 is 1.07 bits per heavy atom. The summed E-state index contributed by atoms with van der Waals surface area (Å²) in [4.78, 5) is 0.592. The topological polar surface area (TPSA) is 73.9 Å². The summed E-state index contributed by atoms with van der Waals surface area (Å²) in [5, 5.41) is -0.0368. The third-order valence-electron chi connectivity index (χ3n) is 5.52. The van der Waals surface area contributed by atoms with Crippen molar-refractivity contribution in [3.05, 3.63) is 29.8 Å². The first-order valence-corrected chi connectivity index (χ1v) is 15.5. The van der Waals surface area contributed by atoms with Crippen LogP contribution in [0, 0.1) is 12.8 Å². The highest BCUT2D eigenvalue weighted by atomic mass is 32.2. The maximum absolute atomic E-state index is 13.4. The Morgan fingerprint density at radius 2 is 1.55 bits per heavy atom. The molecule has 0 amide bonds. The largest absolute Gasteiger partial charge is 0.411 e. The van der Waals surface area contributed by atoms with Crippen molar-refractivity contribution >= 4 is 26.9 Å². The van der Waals surface area contributed by atoms with E-state index in [1.54, 1.807) is 12.1 Å². The van der Waals surface area contributed by atoms with Crippen molar-refractivity contribution in [2.24, 2.45) is 5.92 Å². The minimum atomic E-state index is -3.63. The Hall–Kier alpha value is -0.343. The van der Waals surface area contributed by atoms with E-state index < -0.39 is 38.8 Å². The van der Waals surface area contributed by atoms with E-state index in [9.17, 15) is 8.77 Å². The van der Waals surface area contributed by atoms with E-state index in [1.165, 1.54) is 14.2 Å². The average Bonchev–Trinajstić information content (AvgIpc) is 2.63. The number of hydrogen-bond donors (Lipinski definition) is 1. The fourth-order valence-corrected chi connectivity index (χ4v) is 7.14. The van der Waals surface area contributed by atoms with Gasteiger partial charge in [0.2, 0.25) is 0 Å². The molecule has 1 N–H and O–H groups in total.